The number of amides is 1. The molecule has 1 aromatic rings. The maximum absolute atomic E-state index is 12.2. The van der Waals surface area contributed by atoms with E-state index in [1.54, 1.807) is 0 Å². The Balaban J connectivity index is 2.20. The number of nitrogens with one attached hydrogen (secondary N) is 1. The van der Waals surface area contributed by atoms with Gasteiger partial charge >= 0.3 is 7.12 Å². The Kier molecular flexibility index (Phi) is 4.91. The molecule has 1 amide bonds. The highest BCUT2D eigenvalue weighted by atomic mass is 16.7. The van der Waals surface area contributed by atoms with Gasteiger partial charge in [-0.3, -0.25) is 4.79 Å². The smallest absolute Gasteiger partial charge is 0.399 e. The standard InChI is InChI=1S/C19H30BNO3/c1-13-9-10-14(21-16(22)12-17(2,3)4)11-15(13)20-23-18(5,6)19(7,8)24-20/h9-11H,12H2,1-8H3,(H,21,22). The molecule has 1 aromatic carbocycles. The Morgan fingerprint density at radius 1 is 1.12 bits per heavy atom. The van der Waals surface area contributed by atoms with Crippen molar-refractivity contribution in [3.8, 4) is 0 Å². The second kappa shape index (κ2) is 6.19. The van der Waals surface area contributed by atoms with Crippen LogP contribution in [0.25, 0.3) is 0 Å². The highest BCUT2D eigenvalue weighted by Gasteiger charge is 2.52. The van der Waals surface area contributed by atoms with E-state index in [-0.39, 0.29) is 22.5 Å². The molecule has 0 aliphatic carbocycles. The first-order valence-electron chi connectivity index (χ1n) is 8.57. The van der Waals surface area contributed by atoms with Gasteiger partial charge in [-0.2, -0.15) is 0 Å². The molecule has 2 rings (SSSR count). The number of carbonyl (C=O) groups excluding carboxylic acids is 1. The third kappa shape index (κ3) is 4.20. The predicted molar refractivity (Wildman–Crippen MR) is 99.6 cm³/mol. The number of benzene rings is 1. The zero-order valence-electron chi connectivity index (χ0n) is 16.2. The molecular formula is C19H30BNO3. The Hall–Kier alpha value is -1.33. The van der Waals surface area contributed by atoms with Crippen molar-refractivity contribution in [2.75, 3.05) is 5.32 Å². The highest BCUT2D eigenvalue weighted by molar-refractivity contribution is 6.62. The van der Waals surface area contributed by atoms with Gasteiger partial charge in [0.2, 0.25) is 5.91 Å². The molecule has 0 spiro atoms. The Morgan fingerprint density at radius 2 is 1.67 bits per heavy atom. The van der Waals surface area contributed by atoms with Crippen LogP contribution in [0.4, 0.5) is 5.69 Å². The molecular weight excluding hydrogens is 301 g/mol. The van der Waals surface area contributed by atoms with Gasteiger partial charge in [0.1, 0.15) is 0 Å². The molecule has 5 heteroatoms. The summed E-state index contributed by atoms with van der Waals surface area (Å²) in [5.41, 5.74) is 2.03. The fourth-order valence-corrected chi connectivity index (χ4v) is 2.63. The van der Waals surface area contributed by atoms with Crippen LogP contribution in [-0.2, 0) is 14.1 Å². The molecule has 24 heavy (non-hydrogen) atoms. The summed E-state index contributed by atoms with van der Waals surface area (Å²) >= 11 is 0. The molecule has 0 atom stereocenters. The molecule has 0 aromatic heterocycles. The lowest BCUT2D eigenvalue weighted by Crippen LogP contribution is -2.41. The third-order valence-electron chi connectivity index (χ3n) is 4.76. The Bertz CT molecular complexity index is 616. The SMILES string of the molecule is Cc1ccc(NC(=O)CC(C)(C)C)cc1B1OC(C)(C)C(C)(C)O1. The van der Waals surface area contributed by atoms with Crippen LogP contribution in [0.1, 0.15) is 60.5 Å². The first kappa shape index (κ1) is 19.0. The van der Waals surface area contributed by atoms with Gasteiger partial charge < -0.3 is 14.6 Å². The van der Waals surface area contributed by atoms with Crippen molar-refractivity contribution < 1.29 is 14.1 Å². The summed E-state index contributed by atoms with van der Waals surface area (Å²) in [5, 5.41) is 2.98. The maximum Gasteiger partial charge on any atom is 0.495 e. The average Bonchev–Trinajstić information content (AvgIpc) is 2.58. The largest absolute Gasteiger partial charge is 0.495 e. The van der Waals surface area contributed by atoms with Crippen molar-refractivity contribution in [2.45, 2.75) is 73.0 Å². The topological polar surface area (TPSA) is 47.6 Å². The minimum atomic E-state index is -0.422. The number of hydrogen-bond acceptors (Lipinski definition) is 3. The number of hydrogen-bond donors (Lipinski definition) is 1. The Labute approximate surface area is 146 Å². The lowest BCUT2D eigenvalue weighted by atomic mass is 9.76. The number of rotatable bonds is 3. The van der Waals surface area contributed by atoms with E-state index in [9.17, 15) is 4.79 Å². The number of aryl methyl sites for hydroxylation is 1. The van der Waals surface area contributed by atoms with Crippen LogP contribution in [-0.4, -0.2) is 24.2 Å². The molecule has 132 valence electrons. The first-order chi connectivity index (χ1) is 10.8. The monoisotopic (exact) mass is 331 g/mol. The summed E-state index contributed by atoms with van der Waals surface area (Å²) in [5.74, 6) is 0.0196. The summed E-state index contributed by atoms with van der Waals surface area (Å²) in [4.78, 5) is 12.2. The van der Waals surface area contributed by atoms with Gasteiger partial charge in [0.15, 0.2) is 0 Å². The molecule has 1 aliphatic heterocycles. The minimum Gasteiger partial charge on any atom is -0.399 e. The van der Waals surface area contributed by atoms with Crippen molar-refractivity contribution in [1.82, 2.24) is 0 Å². The molecule has 1 saturated heterocycles. The first-order valence-corrected chi connectivity index (χ1v) is 8.57. The van der Waals surface area contributed by atoms with Crippen LogP contribution >= 0.6 is 0 Å². The van der Waals surface area contributed by atoms with E-state index >= 15 is 0 Å². The van der Waals surface area contributed by atoms with Gasteiger partial charge in [-0.1, -0.05) is 32.4 Å². The zero-order valence-corrected chi connectivity index (χ0v) is 16.2. The second-order valence-electron chi connectivity index (χ2n) is 8.95. The van der Waals surface area contributed by atoms with E-state index in [1.165, 1.54) is 0 Å². The van der Waals surface area contributed by atoms with Crippen molar-refractivity contribution in [3.63, 3.8) is 0 Å². The van der Waals surface area contributed by atoms with Gasteiger partial charge in [0.05, 0.1) is 11.2 Å². The molecule has 0 bridgehead atoms. The van der Waals surface area contributed by atoms with Gasteiger partial charge in [-0.05, 0) is 57.6 Å². The maximum atomic E-state index is 12.2. The van der Waals surface area contributed by atoms with Crippen molar-refractivity contribution in [2.24, 2.45) is 5.41 Å². The Morgan fingerprint density at radius 3 is 2.17 bits per heavy atom. The normalized spacial score (nSPS) is 19.4. The molecule has 1 heterocycles. The van der Waals surface area contributed by atoms with Crippen LogP contribution in [0, 0.1) is 12.3 Å². The van der Waals surface area contributed by atoms with Crippen molar-refractivity contribution in [3.05, 3.63) is 23.8 Å². The third-order valence-corrected chi connectivity index (χ3v) is 4.76. The summed E-state index contributed by atoms with van der Waals surface area (Å²) in [6.45, 7) is 16.3. The molecule has 4 nitrogen and oxygen atoms in total. The van der Waals surface area contributed by atoms with E-state index in [2.05, 4.69) is 26.1 Å². The van der Waals surface area contributed by atoms with Crippen molar-refractivity contribution >= 4 is 24.2 Å². The molecule has 1 fully saturated rings. The van der Waals surface area contributed by atoms with Crippen molar-refractivity contribution in [1.29, 1.82) is 0 Å². The second-order valence-corrected chi connectivity index (χ2v) is 8.95. The van der Waals surface area contributed by atoms with E-state index in [0.717, 1.165) is 16.7 Å². The quantitative estimate of drug-likeness (QED) is 0.860. The minimum absolute atomic E-state index is 0.0196. The predicted octanol–water partition coefficient (Wildman–Crippen LogP) is 3.67. The summed E-state index contributed by atoms with van der Waals surface area (Å²) in [6.07, 6.45) is 0.479. The fourth-order valence-electron chi connectivity index (χ4n) is 2.63. The molecule has 0 saturated carbocycles. The van der Waals surface area contributed by atoms with Crippen LogP contribution in [0.2, 0.25) is 0 Å². The van der Waals surface area contributed by atoms with Gasteiger partial charge in [-0.15, -0.1) is 0 Å². The highest BCUT2D eigenvalue weighted by Crippen LogP contribution is 2.36. The average molecular weight is 331 g/mol. The van der Waals surface area contributed by atoms with Crippen LogP contribution < -0.4 is 10.8 Å². The summed E-state index contributed by atoms with van der Waals surface area (Å²) in [6, 6.07) is 5.87. The fraction of sp³-hybridized carbons (Fsp3) is 0.632. The van der Waals surface area contributed by atoms with E-state index in [4.69, 9.17) is 9.31 Å². The van der Waals surface area contributed by atoms with Crippen LogP contribution in [0.3, 0.4) is 0 Å². The lowest BCUT2D eigenvalue weighted by Gasteiger charge is -2.32. The molecule has 1 aliphatic rings. The molecule has 1 N–H and O–H groups in total. The lowest BCUT2D eigenvalue weighted by molar-refractivity contribution is -0.117. The summed E-state index contributed by atoms with van der Waals surface area (Å²) < 4.78 is 12.3. The number of anilines is 1. The molecule has 0 radical (unpaired) electrons. The van der Waals surface area contributed by atoms with Crippen LogP contribution in [0.15, 0.2) is 18.2 Å². The van der Waals surface area contributed by atoms with Crippen LogP contribution in [0.5, 0.6) is 0 Å². The van der Waals surface area contributed by atoms with E-state index in [0.29, 0.717) is 6.42 Å². The van der Waals surface area contributed by atoms with Gasteiger partial charge in [-0.25, -0.2) is 0 Å². The number of carbonyl (C=O) groups is 1. The summed E-state index contributed by atoms with van der Waals surface area (Å²) in [7, 11) is -0.422. The zero-order chi connectivity index (χ0) is 18.3. The van der Waals surface area contributed by atoms with Gasteiger partial charge in [0, 0.05) is 12.1 Å². The van der Waals surface area contributed by atoms with E-state index in [1.807, 2.05) is 52.8 Å². The molecule has 0 unspecified atom stereocenters. The van der Waals surface area contributed by atoms with E-state index < -0.39 is 7.12 Å². The van der Waals surface area contributed by atoms with Gasteiger partial charge in [0.25, 0.3) is 0 Å².